The van der Waals surface area contributed by atoms with Gasteiger partial charge >= 0.3 is 30.1 Å². The number of hydrogen-bond acceptors (Lipinski definition) is 0. The highest BCUT2D eigenvalue weighted by Gasteiger charge is 2.82. The van der Waals surface area contributed by atoms with Crippen LogP contribution in [0.25, 0.3) is 0 Å². The van der Waals surface area contributed by atoms with Gasteiger partial charge in [0.1, 0.15) is 0 Å². The summed E-state index contributed by atoms with van der Waals surface area (Å²) in [7, 11) is 0. The Hall–Kier alpha value is 0.0300. The quantitative estimate of drug-likeness (QED) is 0.374. The molecule has 0 heterocycles. The van der Waals surface area contributed by atoms with Crippen LogP contribution in [0.2, 0.25) is 0 Å². The zero-order valence-electron chi connectivity index (χ0n) is 7.44. The molecule has 0 saturated carbocycles. The lowest BCUT2D eigenvalue weighted by molar-refractivity contribution is -0.378. The van der Waals surface area contributed by atoms with Crippen LogP contribution >= 0.6 is 22.6 Å². The normalized spacial score (nSPS) is 15.5. The summed E-state index contributed by atoms with van der Waals surface area (Å²) >= 11 is 0.545. The number of rotatable bonds is 5. The van der Waals surface area contributed by atoms with Crippen molar-refractivity contribution in [3.05, 3.63) is 0 Å². The van der Waals surface area contributed by atoms with Gasteiger partial charge in [0.05, 0.1) is 4.43 Å². The molecule has 0 unspecified atom stereocenters. The lowest BCUT2D eigenvalue weighted by atomic mass is 10.00. The van der Waals surface area contributed by atoms with Crippen molar-refractivity contribution in [2.75, 3.05) is 4.43 Å². The number of hydrogen-bond donors (Lipinski definition) is 0. The number of alkyl halides is 11. The van der Waals surface area contributed by atoms with E-state index in [1.165, 1.54) is 0 Å². The fourth-order valence-electron chi connectivity index (χ4n) is 0.660. The Balaban J connectivity index is 5.61. The van der Waals surface area contributed by atoms with E-state index < -0.39 is 34.5 Å². The van der Waals surface area contributed by atoms with Crippen LogP contribution < -0.4 is 0 Å². The van der Waals surface area contributed by atoms with E-state index in [0.717, 1.165) is 0 Å². The Kier molecular flexibility index (Phi) is 4.62. The Morgan fingerprint density at radius 2 is 1.12 bits per heavy atom. The third kappa shape index (κ3) is 2.43. The van der Waals surface area contributed by atoms with Crippen LogP contribution in [0.5, 0.6) is 0 Å². The van der Waals surface area contributed by atoms with Gasteiger partial charge in [0.25, 0.3) is 0 Å². The minimum absolute atomic E-state index is 0.545. The summed E-state index contributed by atoms with van der Waals surface area (Å²) in [4.78, 5) is 0. The molecule has 0 aromatic rings. The van der Waals surface area contributed by atoms with E-state index in [9.17, 15) is 43.9 Å². The maximum Gasteiger partial charge on any atom is 0.384 e. The van der Waals surface area contributed by atoms with E-state index in [0.29, 0.717) is 22.6 Å². The summed E-state index contributed by atoms with van der Waals surface area (Å²) in [5, 5.41) is 0. The van der Waals surface area contributed by atoms with Crippen LogP contribution in [-0.4, -0.2) is 34.5 Å². The third-order valence-electron chi connectivity index (χ3n) is 1.71. The van der Waals surface area contributed by atoms with E-state index in [1.54, 1.807) is 0 Å². The maximum atomic E-state index is 12.5. The molecule has 11 heteroatoms. The molecule has 104 valence electrons. The first-order valence-corrected chi connectivity index (χ1v) is 5.13. The Labute approximate surface area is 101 Å². The molecule has 0 rings (SSSR count). The van der Waals surface area contributed by atoms with Gasteiger partial charge in [0.2, 0.25) is 0 Å². The lowest BCUT2D eigenvalue weighted by Crippen LogP contribution is -2.64. The van der Waals surface area contributed by atoms with Crippen molar-refractivity contribution >= 4 is 22.6 Å². The van der Waals surface area contributed by atoms with Crippen molar-refractivity contribution < 1.29 is 43.9 Å². The van der Waals surface area contributed by atoms with Crippen LogP contribution in [-0.2, 0) is 0 Å². The highest BCUT2D eigenvalue weighted by atomic mass is 127. The van der Waals surface area contributed by atoms with E-state index in [1.807, 2.05) is 0 Å². The van der Waals surface area contributed by atoms with Gasteiger partial charge in [-0.25, -0.2) is 8.78 Å². The first-order chi connectivity index (χ1) is 7.25. The monoisotopic (exact) mass is 392 g/mol. The summed E-state index contributed by atoms with van der Waals surface area (Å²) in [5.41, 5.74) is 0. The summed E-state index contributed by atoms with van der Waals surface area (Å²) < 4.78 is 120. The van der Waals surface area contributed by atoms with Gasteiger partial charge in [-0.05, 0) is 0 Å². The zero-order valence-corrected chi connectivity index (χ0v) is 9.60. The van der Waals surface area contributed by atoms with Gasteiger partial charge in [-0.3, -0.25) is 0 Å². The van der Waals surface area contributed by atoms with E-state index >= 15 is 0 Å². The average molecular weight is 392 g/mol. The predicted molar refractivity (Wildman–Crippen MR) is 44.7 cm³/mol. The third-order valence-corrected chi connectivity index (χ3v) is 2.67. The van der Waals surface area contributed by atoms with Crippen molar-refractivity contribution in [3.63, 3.8) is 0 Å². The van der Waals surface area contributed by atoms with Gasteiger partial charge in [-0.2, -0.15) is 35.1 Å². The van der Waals surface area contributed by atoms with Crippen molar-refractivity contribution in [1.29, 1.82) is 0 Å². The largest absolute Gasteiger partial charge is 0.384 e. The smallest absolute Gasteiger partial charge is 0.203 e. The summed E-state index contributed by atoms with van der Waals surface area (Å²) in [6.07, 6.45) is -5.20. The molecule has 17 heavy (non-hydrogen) atoms. The van der Waals surface area contributed by atoms with Gasteiger partial charge in [0, 0.05) is 0 Å². The van der Waals surface area contributed by atoms with E-state index in [2.05, 4.69) is 0 Å². The molecule has 0 aliphatic carbocycles. The molecule has 0 radical (unpaired) electrons. The highest BCUT2D eigenvalue weighted by molar-refractivity contribution is 14.1. The first kappa shape index (κ1) is 17.0. The Bertz CT molecular complexity index is 272. The van der Waals surface area contributed by atoms with Crippen molar-refractivity contribution in [2.24, 2.45) is 0 Å². The first-order valence-electron chi connectivity index (χ1n) is 3.61. The summed E-state index contributed by atoms with van der Waals surface area (Å²) in [6.45, 7) is 0. The number of halogens is 11. The molecule has 0 nitrogen and oxygen atoms in total. The predicted octanol–water partition coefficient (Wildman–Crippen LogP) is 4.23. The molecule has 0 spiro atoms. The van der Waals surface area contributed by atoms with Gasteiger partial charge < -0.3 is 0 Å². The minimum atomic E-state index is -6.87. The average Bonchev–Trinajstić information content (AvgIpc) is 2.16. The Morgan fingerprint density at radius 1 is 0.765 bits per heavy atom. The standard InChI is InChI=1S/C6H3F10I/c7-2(8)4(11,12)6(15,16)5(13,14)3(9,10)1-17/h2H,1H2. The maximum absolute atomic E-state index is 12.5. The van der Waals surface area contributed by atoms with Crippen LogP contribution in [0.3, 0.4) is 0 Å². The fourth-order valence-corrected chi connectivity index (χ4v) is 1.14. The molecule has 0 saturated heterocycles. The van der Waals surface area contributed by atoms with Crippen molar-refractivity contribution in [1.82, 2.24) is 0 Å². The molecule has 0 atom stereocenters. The topological polar surface area (TPSA) is 0 Å². The molecular formula is C6H3F10I. The van der Waals surface area contributed by atoms with Gasteiger partial charge in [-0.15, -0.1) is 0 Å². The summed E-state index contributed by atoms with van der Waals surface area (Å²) in [6, 6.07) is 0. The second-order valence-corrected chi connectivity index (χ2v) is 3.67. The molecule has 0 fully saturated rings. The van der Waals surface area contributed by atoms with Crippen LogP contribution in [0.15, 0.2) is 0 Å². The highest BCUT2D eigenvalue weighted by Crippen LogP contribution is 2.54. The molecule has 0 amide bonds. The Morgan fingerprint density at radius 3 is 1.35 bits per heavy atom. The van der Waals surface area contributed by atoms with E-state index in [-0.39, 0.29) is 0 Å². The molecule has 0 bridgehead atoms. The van der Waals surface area contributed by atoms with Gasteiger partial charge in [-0.1, -0.05) is 22.6 Å². The SMILES string of the molecule is FC(F)C(F)(F)C(F)(F)C(F)(F)C(F)(F)CI. The van der Waals surface area contributed by atoms with Crippen molar-refractivity contribution in [3.8, 4) is 0 Å². The van der Waals surface area contributed by atoms with Crippen molar-refractivity contribution in [2.45, 2.75) is 30.1 Å². The summed E-state index contributed by atoms with van der Waals surface area (Å²) in [5.74, 6) is -25.6. The molecule has 0 aromatic carbocycles. The van der Waals surface area contributed by atoms with E-state index in [4.69, 9.17) is 0 Å². The minimum Gasteiger partial charge on any atom is -0.203 e. The fraction of sp³-hybridized carbons (Fsp3) is 1.00. The molecular weight excluding hydrogens is 389 g/mol. The van der Waals surface area contributed by atoms with Crippen LogP contribution in [0.1, 0.15) is 0 Å². The van der Waals surface area contributed by atoms with Crippen LogP contribution in [0, 0.1) is 0 Å². The lowest BCUT2D eigenvalue weighted by Gasteiger charge is -2.35. The molecule has 0 aliphatic rings. The zero-order chi connectivity index (χ0) is 14.3. The van der Waals surface area contributed by atoms with Gasteiger partial charge in [0.15, 0.2) is 0 Å². The van der Waals surface area contributed by atoms with Crippen LogP contribution in [0.4, 0.5) is 43.9 Å². The second-order valence-electron chi connectivity index (χ2n) is 2.91. The second kappa shape index (κ2) is 4.61. The molecule has 0 aromatic heterocycles. The molecule has 0 aliphatic heterocycles. The molecule has 0 N–H and O–H groups in total.